The second kappa shape index (κ2) is 8.58. The van der Waals surface area contributed by atoms with Crippen LogP contribution in [0.5, 0.6) is 0 Å². The minimum Gasteiger partial charge on any atom is -0.361 e. The number of H-pyrrole nitrogens is 1. The third kappa shape index (κ3) is 4.11. The Morgan fingerprint density at radius 2 is 1.79 bits per heavy atom. The number of nitrogens with one attached hydrogen (secondary N) is 2. The quantitative estimate of drug-likeness (QED) is 0.547. The number of carbonyl (C=O) groups excluding carboxylic acids is 2. The number of aromatic nitrogens is 1. The molecule has 0 bridgehead atoms. The molecule has 1 aromatic heterocycles. The van der Waals surface area contributed by atoms with E-state index in [4.69, 9.17) is 5.73 Å². The van der Waals surface area contributed by atoms with E-state index in [2.05, 4.69) is 34.6 Å². The van der Waals surface area contributed by atoms with Crippen LogP contribution >= 0.6 is 0 Å². The largest absolute Gasteiger partial charge is 0.361 e. The van der Waals surface area contributed by atoms with Crippen molar-refractivity contribution in [2.75, 3.05) is 13.1 Å². The van der Waals surface area contributed by atoms with Crippen molar-refractivity contribution in [3.05, 3.63) is 71.4 Å². The van der Waals surface area contributed by atoms with Gasteiger partial charge in [-0.25, -0.2) is 0 Å². The van der Waals surface area contributed by atoms with Gasteiger partial charge in [0.25, 0.3) is 0 Å². The Bertz CT molecular complexity index is 1210. The fourth-order valence-corrected chi connectivity index (χ4v) is 5.72. The van der Waals surface area contributed by atoms with Crippen LogP contribution in [0.1, 0.15) is 49.8 Å². The molecule has 2 heterocycles. The van der Waals surface area contributed by atoms with Crippen LogP contribution in [0.2, 0.25) is 0 Å². The summed E-state index contributed by atoms with van der Waals surface area (Å²) in [6.45, 7) is 4.74. The number of para-hydroxylation sites is 1. The third-order valence-electron chi connectivity index (χ3n) is 7.78. The van der Waals surface area contributed by atoms with E-state index in [9.17, 15) is 9.59 Å². The smallest absolute Gasteiger partial charge is 0.245 e. The molecule has 1 atom stereocenters. The fraction of sp³-hybridized carbons (Fsp3) is 0.429. The van der Waals surface area contributed by atoms with E-state index < -0.39 is 11.6 Å². The number of nitrogens with two attached hydrogens (primary N) is 1. The number of aryl methyl sites for hydroxylation is 1. The van der Waals surface area contributed by atoms with Crippen molar-refractivity contribution in [1.82, 2.24) is 15.2 Å². The van der Waals surface area contributed by atoms with Crippen LogP contribution in [-0.2, 0) is 27.8 Å². The molecule has 1 aliphatic heterocycles. The molecule has 0 unspecified atom stereocenters. The lowest BCUT2D eigenvalue weighted by Crippen LogP contribution is -2.58. The fourth-order valence-electron chi connectivity index (χ4n) is 5.72. The number of hydrogen-bond donors (Lipinski definition) is 3. The molecule has 2 aliphatic rings. The summed E-state index contributed by atoms with van der Waals surface area (Å²) in [7, 11) is 0. The van der Waals surface area contributed by atoms with Crippen LogP contribution in [0.3, 0.4) is 0 Å². The predicted molar refractivity (Wildman–Crippen MR) is 134 cm³/mol. The van der Waals surface area contributed by atoms with E-state index in [1.165, 1.54) is 11.1 Å². The number of aromatic amines is 1. The lowest BCUT2D eigenvalue weighted by Gasteiger charge is -2.41. The molecule has 5 rings (SSSR count). The number of piperidine rings is 1. The van der Waals surface area contributed by atoms with Crippen LogP contribution in [-0.4, -0.2) is 46.4 Å². The van der Waals surface area contributed by atoms with Gasteiger partial charge in [-0.2, -0.15) is 0 Å². The van der Waals surface area contributed by atoms with E-state index in [1.807, 2.05) is 35.4 Å². The first kappa shape index (κ1) is 22.7. The SMILES string of the molecule is CC(C)(N)C(=O)N[C@@H](Cc1c[nH]c2ccccc12)C(=O)N1CCC2(CCc3ccccc32)CC1. The minimum atomic E-state index is -1.06. The van der Waals surface area contributed by atoms with Gasteiger partial charge in [0, 0.05) is 36.6 Å². The van der Waals surface area contributed by atoms with E-state index in [1.54, 1.807) is 13.8 Å². The topological polar surface area (TPSA) is 91.2 Å². The van der Waals surface area contributed by atoms with Gasteiger partial charge in [0.1, 0.15) is 6.04 Å². The third-order valence-corrected chi connectivity index (χ3v) is 7.78. The summed E-state index contributed by atoms with van der Waals surface area (Å²) < 4.78 is 0. The Morgan fingerprint density at radius 1 is 1.09 bits per heavy atom. The van der Waals surface area contributed by atoms with Gasteiger partial charge in [0.15, 0.2) is 0 Å². The van der Waals surface area contributed by atoms with Gasteiger partial charge in [-0.1, -0.05) is 42.5 Å². The summed E-state index contributed by atoms with van der Waals surface area (Å²) >= 11 is 0. The van der Waals surface area contributed by atoms with Crippen molar-refractivity contribution in [2.24, 2.45) is 5.73 Å². The maximum Gasteiger partial charge on any atom is 0.245 e. The van der Waals surface area contributed by atoms with Crippen LogP contribution in [0.15, 0.2) is 54.7 Å². The first-order valence-corrected chi connectivity index (χ1v) is 12.3. The summed E-state index contributed by atoms with van der Waals surface area (Å²) in [4.78, 5) is 31.7. The zero-order valence-corrected chi connectivity index (χ0v) is 20.1. The molecule has 34 heavy (non-hydrogen) atoms. The molecule has 2 amide bonds. The number of fused-ring (bicyclic) bond motifs is 3. The van der Waals surface area contributed by atoms with Gasteiger partial charge >= 0.3 is 0 Å². The van der Waals surface area contributed by atoms with Crippen LogP contribution in [0.4, 0.5) is 0 Å². The van der Waals surface area contributed by atoms with Crippen molar-refractivity contribution in [3.63, 3.8) is 0 Å². The molecule has 3 aromatic rings. The molecule has 178 valence electrons. The van der Waals surface area contributed by atoms with Gasteiger partial charge in [0.2, 0.25) is 11.8 Å². The summed E-state index contributed by atoms with van der Waals surface area (Å²) in [6.07, 6.45) is 6.57. The molecule has 1 saturated heterocycles. The number of carbonyl (C=O) groups is 2. The first-order valence-electron chi connectivity index (χ1n) is 12.3. The number of nitrogens with zero attached hydrogens (tertiary/aromatic N) is 1. The molecule has 0 radical (unpaired) electrons. The molecule has 2 aromatic carbocycles. The Hall–Kier alpha value is -3.12. The molecule has 6 heteroatoms. The van der Waals surface area contributed by atoms with Gasteiger partial charge in [-0.05, 0) is 67.7 Å². The number of likely N-dealkylation sites (tertiary alicyclic amines) is 1. The lowest BCUT2D eigenvalue weighted by atomic mass is 9.73. The molecule has 1 aliphatic carbocycles. The zero-order valence-electron chi connectivity index (χ0n) is 20.1. The zero-order chi connectivity index (χ0) is 23.9. The van der Waals surface area contributed by atoms with Crippen molar-refractivity contribution >= 4 is 22.7 Å². The Labute approximate surface area is 200 Å². The number of rotatable bonds is 5. The summed E-state index contributed by atoms with van der Waals surface area (Å²) in [6, 6.07) is 16.1. The second-order valence-electron chi connectivity index (χ2n) is 10.6. The van der Waals surface area contributed by atoms with Crippen LogP contribution in [0.25, 0.3) is 10.9 Å². The predicted octanol–water partition coefficient (Wildman–Crippen LogP) is 3.44. The Balaban J connectivity index is 1.35. The van der Waals surface area contributed by atoms with Gasteiger partial charge in [-0.15, -0.1) is 0 Å². The molecule has 1 spiro atoms. The summed E-state index contributed by atoms with van der Waals surface area (Å²) in [5.41, 5.74) is 10.1. The van der Waals surface area contributed by atoms with Crippen LogP contribution < -0.4 is 11.1 Å². The standard InChI is InChI=1S/C28H34N4O2/c1-27(2,29)26(34)31-24(17-20-18-30-23-10-6-4-8-21(20)23)25(33)32-15-13-28(14-16-32)12-11-19-7-3-5-9-22(19)28/h3-10,18,24,30H,11-17,29H2,1-2H3,(H,31,34)/t24-/m0/s1. The molecule has 4 N–H and O–H groups in total. The highest BCUT2D eigenvalue weighted by Crippen LogP contribution is 2.46. The average molecular weight is 459 g/mol. The number of hydrogen-bond acceptors (Lipinski definition) is 3. The van der Waals surface area contributed by atoms with Gasteiger partial charge < -0.3 is 20.9 Å². The average Bonchev–Trinajstić information content (AvgIpc) is 3.40. The Morgan fingerprint density at radius 3 is 2.56 bits per heavy atom. The second-order valence-corrected chi connectivity index (χ2v) is 10.6. The maximum absolute atomic E-state index is 13.7. The van der Waals surface area contributed by atoms with Gasteiger partial charge in [-0.3, -0.25) is 9.59 Å². The highest BCUT2D eigenvalue weighted by molar-refractivity contribution is 5.92. The molecular weight excluding hydrogens is 424 g/mol. The lowest BCUT2D eigenvalue weighted by molar-refractivity contribution is -0.138. The van der Waals surface area contributed by atoms with Crippen LogP contribution in [0, 0.1) is 0 Å². The Kier molecular flexibility index (Phi) is 5.72. The van der Waals surface area contributed by atoms with Crippen molar-refractivity contribution in [1.29, 1.82) is 0 Å². The van der Waals surface area contributed by atoms with Gasteiger partial charge in [0.05, 0.1) is 5.54 Å². The van der Waals surface area contributed by atoms with E-state index in [0.717, 1.165) is 42.1 Å². The molecule has 0 saturated carbocycles. The molecule has 6 nitrogen and oxygen atoms in total. The maximum atomic E-state index is 13.7. The monoisotopic (exact) mass is 458 g/mol. The highest BCUT2D eigenvalue weighted by Gasteiger charge is 2.42. The summed E-state index contributed by atoms with van der Waals surface area (Å²) in [5.74, 6) is -0.340. The number of benzene rings is 2. The van der Waals surface area contributed by atoms with Crippen molar-refractivity contribution < 1.29 is 9.59 Å². The van der Waals surface area contributed by atoms with E-state index >= 15 is 0 Å². The normalized spacial score (nSPS) is 18.1. The molecule has 1 fully saturated rings. The minimum absolute atomic E-state index is 0.0241. The van der Waals surface area contributed by atoms with Crippen molar-refractivity contribution in [3.8, 4) is 0 Å². The molecular formula is C28H34N4O2. The first-order chi connectivity index (χ1) is 16.3. The summed E-state index contributed by atoms with van der Waals surface area (Å²) in [5, 5.41) is 4.04. The highest BCUT2D eigenvalue weighted by atomic mass is 16.2. The number of amides is 2. The van der Waals surface area contributed by atoms with E-state index in [0.29, 0.717) is 19.5 Å². The van der Waals surface area contributed by atoms with E-state index in [-0.39, 0.29) is 17.2 Å². The van der Waals surface area contributed by atoms with Crippen molar-refractivity contribution in [2.45, 2.75) is 62.9 Å².